The second-order valence-electron chi connectivity index (χ2n) is 4.69. The van der Waals surface area contributed by atoms with Crippen LogP contribution in [0.5, 0.6) is 11.5 Å². The number of benzene rings is 1. The predicted molar refractivity (Wildman–Crippen MR) is 70.6 cm³/mol. The van der Waals surface area contributed by atoms with E-state index in [1.807, 2.05) is 6.07 Å². The average molecular weight is 258 g/mol. The van der Waals surface area contributed by atoms with Crippen molar-refractivity contribution in [3.63, 3.8) is 0 Å². The second kappa shape index (κ2) is 5.36. The van der Waals surface area contributed by atoms with Gasteiger partial charge in [0.2, 0.25) is 0 Å². The summed E-state index contributed by atoms with van der Waals surface area (Å²) in [6.07, 6.45) is 5.98. The monoisotopic (exact) mass is 258 g/mol. The Morgan fingerprint density at radius 2 is 2.00 bits per heavy atom. The van der Waals surface area contributed by atoms with Crippen LogP contribution in [0.1, 0.15) is 18.4 Å². The Morgan fingerprint density at radius 3 is 2.74 bits per heavy atom. The summed E-state index contributed by atoms with van der Waals surface area (Å²) in [6.45, 7) is 0.745. The summed E-state index contributed by atoms with van der Waals surface area (Å²) < 4.78 is 18.6. The van der Waals surface area contributed by atoms with Gasteiger partial charge in [-0.05, 0) is 43.2 Å². The number of pyridine rings is 1. The van der Waals surface area contributed by atoms with E-state index in [0.717, 1.165) is 17.9 Å². The number of nitrogens with one attached hydrogen (secondary N) is 1. The van der Waals surface area contributed by atoms with Crippen LogP contribution < -0.4 is 10.1 Å². The van der Waals surface area contributed by atoms with Gasteiger partial charge in [-0.2, -0.15) is 0 Å². The van der Waals surface area contributed by atoms with Crippen molar-refractivity contribution in [3.8, 4) is 11.5 Å². The van der Waals surface area contributed by atoms with Crippen LogP contribution in [0.2, 0.25) is 0 Å². The fourth-order valence-electron chi connectivity index (χ4n) is 1.82. The van der Waals surface area contributed by atoms with Gasteiger partial charge in [0.15, 0.2) is 0 Å². The quantitative estimate of drug-likeness (QED) is 0.893. The Bertz CT molecular complexity index is 552. The molecule has 0 unspecified atom stereocenters. The summed E-state index contributed by atoms with van der Waals surface area (Å²) in [5.74, 6) is 1.12. The number of hydrogen-bond donors (Lipinski definition) is 1. The standard InChI is InChI=1S/C15H15FN2O/c16-12-1-5-14(6-2-12)19-15-7-8-17-9-11(15)10-18-13-3-4-13/h1-2,5-9,13,18H,3-4,10H2. The molecule has 1 aromatic carbocycles. The first-order valence-electron chi connectivity index (χ1n) is 6.41. The van der Waals surface area contributed by atoms with Gasteiger partial charge in [-0.25, -0.2) is 4.39 Å². The molecule has 1 heterocycles. The second-order valence-corrected chi connectivity index (χ2v) is 4.69. The van der Waals surface area contributed by atoms with Crippen LogP contribution in [-0.2, 0) is 6.54 Å². The molecule has 1 N–H and O–H groups in total. The van der Waals surface area contributed by atoms with Crippen LogP contribution >= 0.6 is 0 Å². The summed E-state index contributed by atoms with van der Waals surface area (Å²) in [6, 6.07) is 8.48. The van der Waals surface area contributed by atoms with Gasteiger partial charge < -0.3 is 10.1 Å². The summed E-state index contributed by atoms with van der Waals surface area (Å²) in [4.78, 5) is 4.12. The van der Waals surface area contributed by atoms with Gasteiger partial charge >= 0.3 is 0 Å². The Morgan fingerprint density at radius 1 is 1.21 bits per heavy atom. The third-order valence-electron chi connectivity index (χ3n) is 3.06. The molecular formula is C15H15FN2O. The van der Waals surface area contributed by atoms with E-state index >= 15 is 0 Å². The number of hydrogen-bond acceptors (Lipinski definition) is 3. The van der Waals surface area contributed by atoms with E-state index in [0.29, 0.717) is 11.8 Å². The zero-order valence-electron chi connectivity index (χ0n) is 10.5. The van der Waals surface area contributed by atoms with Gasteiger partial charge in [-0.1, -0.05) is 0 Å². The lowest BCUT2D eigenvalue weighted by molar-refractivity contribution is 0.469. The Kier molecular flexibility index (Phi) is 3.42. The van der Waals surface area contributed by atoms with Crippen molar-refractivity contribution in [1.82, 2.24) is 10.3 Å². The van der Waals surface area contributed by atoms with E-state index in [1.54, 1.807) is 24.5 Å². The zero-order valence-corrected chi connectivity index (χ0v) is 10.5. The number of aromatic nitrogens is 1. The molecule has 19 heavy (non-hydrogen) atoms. The number of ether oxygens (including phenoxy) is 1. The SMILES string of the molecule is Fc1ccc(Oc2ccncc2CNC2CC2)cc1. The Balaban J connectivity index is 1.73. The van der Waals surface area contributed by atoms with Crippen molar-refractivity contribution in [2.45, 2.75) is 25.4 Å². The van der Waals surface area contributed by atoms with E-state index in [9.17, 15) is 4.39 Å². The minimum Gasteiger partial charge on any atom is -0.457 e. The average Bonchev–Trinajstić information content (AvgIpc) is 3.25. The summed E-state index contributed by atoms with van der Waals surface area (Å²) in [5.41, 5.74) is 1.01. The highest BCUT2D eigenvalue weighted by Gasteiger charge is 2.20. The molecule has 0 atom stereocenters. The molecular weight excluding hydrogens is 243 g/mol. The van der Waals surface area contributed by atoms with E-state index in [-0.39, 0.29) is 5.82 Å². The summed E-state index contributed by atoms with van der Waals surface area (Å²) in [7, 11) is 0. The van der Waals surface area contributed by atoms with Crippen molar-refractivity contribution in [2.75, 3.05) is 0 Å². The maximum atomic E-state index is 12.8. The molecule has 3 rings (SSSR count). The first kappa shape index (κ1) is 12.1. The van der Waals surface area contributed by atoms with Crippen LogP contribution in [0, 0.1) is 5.82 Å². The van der Waals surface area contributed by atoms with E-state index in [2.05, 4.69) is 10.3 Å². The van der Waals surface area contributed by atoms with Gasteiger partial charge in [-0.15, -0.1) is 0 Å². The molecule has 0 radical (unpaired) electrons. The summed E-state index contributed by atoms with van der Waals surface area (Å²) in [5, 5.41) is 3.43. The van der Waals surface area contributed by atoms with Crippen molar-refractivity contribution >= 4 is 0 Å². The van der Waals surface area contributed by atoms with Crippen LogP contribution in [0.15, 0.2) is 42.7 Å². The largest absolute Gasteiger partial charge is 0.457 e. The fourth-order valence-corrected chi connectivity index (χ4v) is 1.82. The van der Waals surface area contributed by atoms with Gasteiger partial charge in [-0.3, -0.25) is 4.98 Å². The normalized spacial score (nSPS) is 14.4. The molecule has 0 bridgehead atoms. The molecule has 0 aliphatic heterocycles. The maximum absolute atomic E-state index is 12.8. The first-order chi connectivity index (χ1) is 9.31. The molecule has 1 aliphatic rings. The lowest BCUT2D eigenvalue weighted by Crippen LogP contribution is -2.15. The number of nitrogens with zero attached hydrogens (tertiary/aromatic N) is 1. The molecule has 4 heteroatoms. The molecule has 2 aromatic rings. The molecule has 0 spiro atoms. The number of halogens is 1. The third kappa shape index (κ3) is 3.29. The highest BCUT2D eigenvalue weighted by molar-refractivity contribution is 5.35. The van der Waals surface area contributed by atoms with Gasteiger partial charge in [0.1, 0.15) is 17.3 Å². The molecule has 0 saturated heterocycles. The van der Waals surface area contributed by atoms with Crippen molar-refractivity contribution < 1.29 is 9.13 Å². The molecule has 0 amide bonds. The smallest absolute Gasteiger partial charge is 0.134 e. The van der Waals surface area contributed by atoms with E-state index < -0.39 is 0 Å². The fraction of sp³-hybridized carbons (Fsp3) is 0.267. The lowest BCUT2D eigenvalue weighted by Gasteiger charge is -2.11. The Labute approximate surface area is 111 Å². The first-order valence-corrected chi connectivity index (χ1v) is 6.41. The van der Waals surface area contributed by atoms with Crippen LogP contribution in [0.25, 0.3) is 0 Å². The van der Waals surface area contributed by atoms with Crippen LogP contribution in [0.4, 0.5) is 4.39 Å². The predicted octanol–water partition coefficient (Wildman–Crippen LogP) is 3.27. The topological polar surface area (TPSA) is 34.1 Å². The highest BCUT2D eigenvalue weighted by Crippen LogP contribution is 2.26. The molecule has 1 aliphatic carbocycles. The minimum atomic E-state index is -0.266. The minimum absolute atomic E-state index is 0.266. The lowest BCUT2D eigenvalue weighted by atomic mass is 10.2. The van der Waals surface area contributed by atoms with Crippen LogP contribution in [-0.4, -0.2) is 11.0 Å². The molecule has 1 aromatic heterocycles. The number of rotatable bonds is 5. The maximum Gasteiger partial charge on any atom is 0.134 e. The van der Waals surface area contributed by atoms with Crippen molar-refractivity contribution in [3.05, 3.63) is 54.1 Å². The summed E-state index contributed by atoms with van der Waals surface area (Å²) >= 11 is 0. The van der Waals surface area contributed by atoms with E-state index in [1.165, 1.54) is 25.0 Å². The molecule has 3 nitrogen and oxygen atoms in total. The van der Waals surface area contributed by atoms with Gasteiger partial charge in [0.05, 0.1) is 0 Å². The molecule has 1 saturated carbocycles. The highest BCUT2D eigenvalue weighted by atomic mass is 19.1. The van der Waals surface area contributed by atoms with Crippen LogP contribution in [0.3, 0.4) is 0 Å². The molecule has 98 valence electrons. The van der Waals surface area contributed by atoms with E-state index in [4.69, 9.17) is 4.74 Å². The van der Waals surface area contributed by atoms with Crippen molar-refractivity contribution in [2.24, 2.45) is 0 Å². The third-order valence-corrected chi connectivity index (χ3v) is 3.06. The van der Waals surface area contributed by atoms with Gasteiger partial charge in [0.25, 0.3) is 0 Å². The zero-order chi connectivity index (χ0) is 13.1. The molecule has 1 fully saturated rings. The van der Waals surface area contributed by atoms with Crippen molar-refractivity contribution in [1.29, 1.82) is 0 Å². The Hall–Kier alpha value is -1.94. The van der Waals surface area contributed by atoms with Gasteiger partial charge in [0, 0.05) is 30.5 Å².